The zero-order valence-corrected chi connectivity index (χ0v) is 22.8. The van der Waals surface area contributed by atoms with Crippen molar-refractivity contribution < 1.29 is 18.8 Å². The van der Waals surface area contributed by atoms with E-state index in [2.05, 4.69) is 75.8 Å². The van der Waals surface area contributed by atoms with Gasteiger partial charge in [0.15, 0.2) is 0 Å². The van der Waals surface area contributed by atoms with Crippen molar-refractivity contribution in [3.63, 3.8) is 0 Å². The van der Waals surface area contributed by atoms with E-state index in [4.69, 9.17) is 0 Å². The predicted octanol–water partition coefficient (Wildman–Crippen LogP) is 4.02. The van der Waals surface area contributed by atoms with Crippen molar-refractivity contribution in [2.75, 3.05) is 13.1 Å². The number of likely N-dealkylation sites (tertiary alicyclic amines) is 1. The van der Waals surface area contributed by atoms with Crippen molar-refractivity contribution in [3.05, 3.63) is 106 Å². The molecule has 41 heavy (non-hydrogen) atoms. The highest BCUT2D eigenvalue weighted by Crippen LogP contribution is 2.41. The lowest BCUT2D eigenvalue weighted by atomic mass is 9.94. The first-order valence-corrected chi connectivity index (χ1v) is 14.5. The van der Waals surface area contributed by atoms with Crippen molar-refractivity contribution in [2.45, 2.75) is 62.9 Å². The molecule has 0 radical (unpaired) electrons. The van der Waals surface area contributed by atoms with E-state index in [1.54, 1.807) is 6.07 Å². The number of carbonyl (C=O) groups excluding carboxylic acids is 3. The fraction of sp³-hybridized carbons (Fsp3) is 0.364. The van der Waals surface area contributed by atoms with Crippen LogP contribution in [-0.2, 0) is 22.7 Å². The summed E-state index contributed by atoms with van der Waals surface area (Å²) in [6, 6.07) is 24.7. The molecule has 8 heteroatoms. The summed E-state index contributed by atoms with van der Waals surface area (Å²) in [6.45, 7) is 2.44. The van der Waals surface area contributed by atoms with Crippen LogP contribution in [0.1, 0.15) is 64.3 Å². The first-order chi connectivity index (χ1) is 20.0. The zero-order chi connectivity index (χ0) is 28.1. The van der Waals surface area contributed by atoms with Gasteiger partial charge < -0.3 is 4.90 Å². The summed E-state index contributed by atoms with van der Waals surface area (Å²) >= 11 is 0. The third-order valence-electron chi connectivity index (χ3n) is 9.23. The number of fused-ring (bicyclic) bond motifs is 3. The number of carbonyl (C=O) groups is 3. The summed E-state index contributed by atoms with van der Waals surface area (Å²) in [5, 5.41) is 2.32. The van der Waals surface area contributed by atoms with Crippen LogP contribution in [0, 0.1) is 5.82 Å². The van der Waals surface area contributed by atoms with E-state index in [9.17, 15) is 14.4 Å². The van der Waals surface area contributed by atoms with E-state index in [1.807, 2.05) is 0 Å². The van der Waals surface area contributed by atoms with Crippen molar-refractivity contribution in [3.8, 4) is 0 Å². The average molecular weight is 553 g/mol. The molecule has 0 aromatic heterocycles. The number of benzene rings is 3. The second kappa shape index (κ2) is 10.5. The van der Waals surface area contributed by atoms with Crippen molar-refractivity contribution in [2.24, 2.45) is 0 Å². The molecule has 3 aromatic carbocycles. The van der Waals surface area contributed by atoms with E-state index in [0.29, 0.717) is 36.2 Å². The van der Waals surface area contributed by atoms with Gasteiger partial charge in [0.2, 0.25) is 11.8 Å². The number of piperidine rings is 1. The molecule has 1 N–H and O–H groups in total. The summed E-state index contributed by atoms with van der Waals surface area (Å²) < 4.78 is 15.4. The molecule has 210 valence electrons. The molecular formula is C33H33FN4O3. The zero-order valence-electron chi connectivity index (χ0n) is 22.8. The fourth-order valence-corrected chi connectivity index (χ4v) is 7.38. The second-order valence-electron chi connectivity index (χ2n) is 11.8. The van der Waals surface area contributed by atoms with Gasteiger partial charge >= 0.3 is 0 Å². The molecule has 3 amide bonds. The Morgan fingerprint density at radius 1 is 0.854 bits per heavy atom. The Morgan fingerprint density at radius 2 is 1.49 bits per heavy atom. The summed E-state index contributed by atoms with van der Waals surface area (Å²) in [5.41, 5.74) is 4.22. The third kappa shape index (κ3) is 4.75. The topological polar surface area (TPSA) is 73.0 Å². The second-order valence-corrected chi connectivity index (χ2v) is 11.8. The number of rotatable bonds is 6. The largest absolute Gasteiger partial charge is 0.322 e. The molecule has 7 nitrogen and oxygen atoms in total. The maximum atomic E-state index is 15.4. The summed E-state index contributed by atoms with van der Waals surface area (Å²) in [6.07, 6.45) is 2.71. The van der Waals surface area contributed by atoms with Crippen LogP contribution in [0.15, 0.2) is 72.8 Å². The van der Waals surface area contributed by atoms with Crippen LogP contribution in [0.25, 0.3) is 0 Å². The molecule has 2 bridgehead atoms. The predicted molar refractivity (Wildman–Crippen MR) is 151 cm³/mol. The van der Waals surface area contributed by atoms with Gasteiger partial charge in [-0.1, -0.05) is 60.7 Å². The van der Waals surface area contributed by atoms with E-state index in [1.165, 1.54) is 22.1 Å². The molecule has 0 spiro atoms. The van der Waals surface area contributed by atoms with Crippen molar-refractivity contribution >= 4 is 17.7 Å². The molecule has 7 rings (SSSR count). The number of hydrogen-bond acceptors (Lipinski definition) is 5. The molecule has 3 unspecified atom stereocenters. The number of hydrogen-bond donors (Lipinski definition) is 1. The SMILES string of the molecule is O=C1CCC(N2Cc3cc(CN4CC5CCC(C4)N5C(c4ccccc4)c4ccccc4)c(F)cc3C2=O)C(=O)N1. The molecule has 4 aliphatic rings. The van der Waals surface area contributed by atoms with Crippen molar-refractivity contribution in [1.82, 2.24) is 20.0 Å². The van der Waals surface area contributed by atoms with E-state index in [0.717, 1.165) is 31.5 Å². The smallest absolute Gasteiger partial charge is 0.255 e. The number of amides is 3. The Bertz CT molecular complexity index is 1440. The van der Waals surface area contributed by atoms with Gasteiger partial charge in [-0.15, -0.1) is 0 Å². The molecule has 3 fully saturated rings. The molecule has 4 heterocycles. The van der Waals surface area contributed by atoms with Crippen LogP contribution >= 0.6 is 0 Å². The van der Waals surface area contributed by atoms with Crippen LogP contribution in [-0.4, -0.2) is 63.6 Å². The van der Waals surface area contributed by atoms with Gasteiger partial charge in [-0.25, -0.2) is 4.39 Å². The first-order valence-electron chi connectivity index (χ1n) is 14.5. The Labute approximate surface area is 238 Å². The van der Waals surface area contributed by atoms with Crippen LogP contribution in [0.5, 0.6) is 0 Å². The Hall–Kier alpha value is -3.88. The number of halogens is 1. The molecule has 3 aromatic rings. The van der Waals surface area contributed by atoms with E-state index >= 15 is 4.39 Å². The Kier molecular flexibility index (Phi) is 6.67. The maximum absolute atomic E-state index is 15.4. The highest BCUT2D eigenvalue weighted by molar-refractivity contribution is 6.05. The number of piperazine rings is 1. The average Bonchev–Trinajstić information content (AvgIpc) is 3.41. The molecule has 3 saturated heterocycles. The monoisotopic (exact) mass is 552 g/mol. The fourth-order valence-electron chi connectivity index (χ4n) is 7.38. The summed E-state index contributed by atoms with van der Waals surface area (Å²) in [4.78, 5) is 43.6. The van der Waals surface area contributed by atoms with Gasteiger partial charge in [-0.05, 0) is 48.1 Å². The van der Waals surface area contributed by atoms with E-state index < -0.39 is 11.9 Å². The lowest BCUT2D eigenvalue weighted by molar-refractivity contribution is -0.136. The van der Waals surface area contributed by atoms with Crippen LogP contribution < -0.4 is 5.32 Å². The molecule has 0 aliphatic carbocycles. The van der Waals surface area contributed by atoms with Gasteiger partial charge in [0.1, 0.15) is 11.9 Å². The third-order valence-corrected chi connectivity index (χ3v) is 9.23. The van der Waals surface area contributed by atoms with Crippen LogP contribution in [0.3, 0.4) is 0 Å². The van der Waals surface area contributed by atoms with Gasteiger partial charge in [0.05, 0.1) is 6.04 Å². The van der Waals surface area contributed by atoms with Crippen molar-refractivity contribution in [1.29, 1.82) is 0 Å². The highest BCUT2D eigenvalue weighted by Gasteiger charge is 2.44. The minimum absolute atomic E-state index is 0.179. The van der Waals surface area contributed by atoms with Gasteiger partial charge in [0.25, 0.3) is 5.91 Å². The normalized spacial score (nSPS) is 24.7. The van der Waals surface area contributed by atoms with Crippen LogP contribution in [0.2, 0.25) is 0 Å². The lowest BCUT2D eigenvalue weighted by Gasteiger charge is -2.45. The molecule has 0 saturated carbocycles. The Morgan fingerprint density at radius 3 is 2.10 bits per heavy atom. The number of nitrogens with zero attached hydrogens (tertiary/aromatic N) is 3. The molecular weight excluding hydrogens is 519 g/mol. The van der Waals surface area contributed by atoms with E-state index in [-0.39, 0.29) is 36.6 Å². The first kappa shape index (κ1) is 26.0. The minimum atomic E-state index is -0.704. The molecule has 4 aliphatic heterocycles. The van der Waals surface area contributed by atoms with Gasteiger partial charge in [0, 0.05) is 55.8 Å². The lowest BCUT2D eigenvalue weighted by Crippen LogP contribution is -2.54. The van der Waals surface area contributed by atoms with Gasteiger partial charge in [-0.2, -0.15) is 0 Å². The van der Waals surface area contributed by atoms with Crippen LogP contribution in [0.4, 0.5) is 4.39 Å². The Balaban J connectivity index is 1.09. The summed E-state index contributed by atoms with van der Waals surface area (Å²) in [5.74, 6) is -1.51. The highest BCUT2D eigenvalue weighted by atomic mass is 19.1. The number of imide groups is 1. The molecule has 3 atom stereocenters. The minimum Gasteiger partial charge on any atom is -0.322 e. The number of nitrogens with one attached hydrogen (secondary N) is 1. The quantitative estimate of drug-likeness (QED) is 0.468. The maximum Gasteiger partial charge on any atom is 0.255 e. The summed E-state index contributed by atoms with van der Waals surface area (Å²) in [7, 11) is 0. The van der Waals surface area contributed by atoms with Gasteiger partial charge in [-0.3, -0.25) is 29.5 Å². The standard InChI is InChI=1S/C33H33FN4O3/c34-28-16-27-23(18-37(33(27)41)29-13-14-30(39)35-32(29)40)15-24(28)17-36-19-25-11-12-26(20-36)38(25)31(21-7-3-1-4-8-21)22-9-5-2-6-10-22/h1-10,15-16,25-26,29,31H,11-14,17-20H2,(H,35,39,40).